The van der Waals surface area contributed by atoms with Crippen molar-refractivity contribution in [3.05, 3.63) is 0 Å². The van der Waals surface area contributed by atoms with Crippen molar-refractivity contribution < 1.29 is 9.53 Å². The molecule has 0 aromatic carbocycles. The highest BCUT2D eigenvalue weighted by Crippen LogP contribution is 2.35. The molecular formula is C10H19N3O2. The van der Waals surface area contributed by atoms with Gasteiger partial charge in [-0.3, -0.25) is 0 Å². The summed E-state index contributed by atoms with van der Waals surface area (Å²) in [5, 5.41) is 6.12. The van der Waals surface area contributed by atoms with Gasteiger partial charge in [0.2, 0.25) is 0 Å². The van der Waals surface area contributed by atoms with E-state index >= 15 is 0 Å². The smallest absolute Gasteiger partial charge is 0.316 e. The van der Waals surface area contributed by atoms with Gasteiger partial charge in [0.1, 0.15) is 0 Å². The third-order valence-electron chi connectivity index (χ3n) is 3.17. The van der Waals surface area contributed by atoms with Gasteiger partial charge in [0.05, 0.1) is 12.7 Å². The van der Waals surface area contributed by atoms with Crippen LogP contribution in [-0.4, -0.2) is 57.4 Å². The van der Waals surface area contributed by atoms with Gasteiger partial charge < -0.3 is 20.3 Å². The maximum absolute atomic E-state index is 11.3. The minimum Gasteiger partial charge on any atom is -0.376 e. The van der Waals surface area contributed by atoms with Crippen LogP contribution in [0.5, 0.6) is 0 Å². The number of carbonyl (C=O) groups excluding carboxylic acids is 1. The predicted octanol–water partition coefficient (Wildman–Crippen LogP) is -0.364. The van der Waals surface area contributed by atoms with Gasteiger partial charge in [-0.1, -0.05) is 0 Å². The molecule has 86 valence electrons. The van der Waals surface area contributed by atoms with Crippen LogP contribution < -0.4 is 10.6 Å². The number of amides is 2. The van der Waals surface area contributed by atoms with E-state index in [1.807, 2.05) is 0 Å². The largest absolute Gasteiger partial charge is 0.376 e. The summed E-state index contributed by atoms with van der Waals surface area (Å²) >= 11 is 0. The van der Waals surface area contributed by atoms with E-state index in [9.17, 15) is 4.79 Å². The molecule has 1 atom stereocenters. The van der Waals surface area contributed by atoms with E-state index < -0.39 is 0 Å². The summed E-state index contributed by atoms with van der Waals surface area (Å²) in [5.74, 6) is 0. The molecule has 2 rings (SSSR count). The van der Waals surface area contributed by atoms with Gasteiger partial charge in [0, 0.05) is 39.1 Å². The molecule has 2 heterocycles. The van der Waals surface area contributed by atoms with Crippen LogP contribution in [0.3, 0.4) is 0 Å². The lowest BCUT2D eigenvalue weighted by atomic mass is 9.80. The van der Waals surface area contributed by atoms with Crippen LogP contribution in [0.4, 0.5) is 4.79 Å². The van der Waals surface area contributed by atoms with E-state index in [-0.39, 0.29) is 12.1 Å². The molecule has 0 unspecified atom stereocenters. The molecule has 0 aromatic heterocycles. The van der Waals surface area contributed by atoms with Gasteiger partial charge in [-0.25, -0.2) is 4.79 Å². The molecule has 15 heavy (non-hydrogen) atoms. The Hall–Kier alpha value is -0.810. The molecule has 2 aliphatic heterocycles. The Bertz CT molecular complexity index is 251. The number of carbonyl (C=O) groups is 1. The number of nitrogens with zero attached hydrogens (tertiary/aromatic N) is 1. The molecule has 0 aliphatic carbocycles. The summed E-state index contributed by atoms with van der Waals surface area (Å²) in [5.41, 5.74) is 0.369. The first-order valence-corrected chi connectivity index (χ1v) is 5.39. The van der Waals surface area contributed by atoms with Gasteiger partial charge in [-0.05, 0) is 6.42 Å². The fourth-order valence-electron chi connectivity index (χ4n) is 2.11. The number of hydrogen-bond donors (Lipinski definition) is 2. The maximum Gasteiger partial charge on any atom is 0.316 e. The summed E-state index contributed by atoms with van der Waals surface area (Å²) < 4.78 is 5.67. The highest BCUT2D eigenvalue weighted by atomic mass is 16.5. The highest BCUT2D eigenvalue weighted by Gasteiger charge is 2.44. The minimum absolute atomic E-state index is 0.0497. The monoisotopic (exact) mass is 213 g/mol. The van der Waals surface area contributed by atoms with Gasteiger partial charge in [-0.2, -0.15) is 0 Å². The van der Waals surface area contributed by atoms with Crippen LogP contribution in [0.2, 0.25) is 0 Å². The number of ether oxygens (including phenoxy) is 1. The Kier molecular flexibility index (Phi) is 2.84. The van der Waals surface area contributed by atoms with Crippen LogP contribution >= 0.6 is 0 Å². The number of nitrogens with one attached hydrogen (secondary N) is 2. The fourth-order valence-corrected chi connectivity index (χ4v) is 2.11. The van der Waals surface area contributed by atoms with Crippen molar-refractivity contribution in [2.45, 2.75) is 12.5 Å². The van der Waals surface area contributed by atoms with Gasteiger partial charge >= 0.3 is 6.03 Å². The molecule has 2 saturated heterocycles. The molecular weight excluding hydrogens is 194 g/mol. The van der Waals surface area contributed by atoms with Gasteiger partial charge in [0.25, 0.3) is 0 Å². The van der Waals surface area contributed by atoms with Crippen molar-refractivity contribution in [2.75, 3.05) is 40.3 Å². The molecule has 2 amide bonds. The minimum atomic E-state index is -0.0497. The third kappa shape index (κ3) is 2.23. The Morgan fingerprint density at radius 1 is 1.60 bits per heavy atom. The zero-order chi connectivity index (χ0) is 10.9. The maximum atomic E-state index is 11.3. The molecule has 2 fully saturated rings. The third-order valence-corrected chi connectivity index (χ3v) is 3.17. The summed E-state index contributed by atoms with van der Waals surface area (Å²) in [4.78, 5) is 12.8. The first-order valence-electron chi connectivity index (χ1n) is 5.39. The molecule has 2 aliphatic rings. The van der Waals surface area contributed by atoms with E-state index in [0.29, 0.717) is 12.0 Å². The van der Waals surface area contributed by atoms with Crippen molar-refractivity contribution in [1.29, 1.82) is 0 Å². The Morgan fingerprint density at radius 3 is 2.80 bits per heavy atom. The predicted molar refractivity (Wildman–Crippen MR) is 56.7 cm³/mol. The SMILES string of the molecule is CN(C)C(=O)NC[C@@H]1CC2(CNC2)CO1. The molecule has 5 heteroatoms. The summed E-state index contributed by atoms with van der Waals surface area (Å²) in [7, 11) is 3.48. The molecule has 0 bridgehead atoms. The number of urea groups is 1. The number of hydrogen-bond acceptors (Lipinski definition) is 3. The summed E-state index contributed by atoms with van der Waals surface area (Å²) in [6.45, 7) is 3.58. The zero-order valence-corrected chi connectivity index (χ0v) is 9.38. The van der Waals surface area contributed by atoms with Crippen LogP contribution in [-0.2, 0) is 4.74 Å². The van der Waals surface area contributed by atoms with E-state index in [1.54, 1.807) is 14.1 Å². The average molecular weight is 213 g/mol. The molecule has 2 N–H and O–H groups in total. The standard InChI is InChI=1S/C10H19N3O2/c1-13(2)9(14)12-4-8-3-10(7-15-8)5-11-6-10/h8,11H,3-7H2,1-2H3,(H,12,14)/t8-/m0/s1. The second-order valence-corrected chi connectivity index (χ2v) is 4.82. The van der Waals surface area contributed by atoms with E-state index in [1.165, 1.54) is 4.90 Å². The lowest BCUT2D eigenvalue weighted by Gasteiger charge is -2.37. The lowest BCUT2D eigenvalue weighted by molar-refractivity contribution is 0.0797. The van der Waals surface area contributed by atoms with Gasteiger partial charge in [0.15, 0.2) is 0 Å². The first kappa shape index (κ1) is 10.7. The fraction of sp³-hybridized carbons (Fsp3) is 0.900. The van der Waals surface area contributed by atoms with Crippen molar-refractivity contribution in [3.8, 4) is 0 Å². The van der Waals surface area contributed by atoms with Crippen LogP contribution in [0, 0.1) is 5.41 Å². The van der Waals surface area contributed by atoms with Crippen molar-refractivity contribution in [3.63, 3.8) is 0 Å². The van der Waals surface area contributed by atoms with Gasteiger partial charge in [-0.15, -0.1) is 0 Å². The second-order valence-electron chi connectivity index (χ2n) is 4.82. The molecule has 0 radical (unpaired) electrons. The van der Waals surface area contributed by atoms with Crippen LogP contribution in [0.25, 0.3) is 0 Å². The molecule has 5 nitrogen and oxygen atoms in total. The summed E-state index contributed by atoms with van der Waals surface area (Å²) in [6.07, 6.45) is 1.25. The Labute approximate surface area is 90.1 Å². The second kappa shape index (κ2) is 3.98. The molecule has 1 spiro atoms. The van der Waals surface area contributed by atoms with E-state index in [0.717, 1.165) is 26.1 Å². The topological polar surface area (TPSA) is 53.6 Å². The van der Waals surface area contributed by atoms with Crippen molar-refractivity contribution in [1.82, 2.24) is 15.5 Å². The number of rotatable bonds is 2. The summed E-state index contributed by atoms with van der Waals surface area (Å²) in [6, 6.07) is -0.0497. The average Bonchev–Trinajstić information content (AvgIpc) is 2.57. The van der Waals surface area contributed by atoms with Crippen LogP contribution in [0.1, 0.15) is 6.42 Å². The lowest BCUT2D eigenvalue weighted by Crippen LogP contribution is -2.54. The Morgan fingerprint density at radius 2 is 2.33 bits per heavy atom. The highest BCUT2D eigenvalue weighted by molar-refractivity contribution is 5.73. The van der Waals surface area contributed by atoms with Crippen molar-refractivity contribution >= 4 is 6.03 Å². The van der Waals surface area contributed by atoms with Crippen LogP contribution in [0.15, 0.2) is 0 Å². The Balaban J connectivity index is 1.71. The molecule has 0 aromatic rings. The van der Waals surface area contributed by atoms with Crippen molar-refractivity contribution in [2.24, 2.45) is 5.41 Å². The zero-order valence-electron chi connectivity index (χ0n) is 9.38. The molecule has 0 saturated carbocycles. The van der Waals surface area contributed by atoms with E-state index in [2.05, 4.69) is 10.6 Å². The first-order chi connectivity index (χ1) is 7.11. The normalized spacial score (nSPS) is 27.5. The van der Waals surface area contributed by atoms with E-state index in [4.69, 9.17) is 4.74 Å². The quantitative estimate of drug-likeness (QED) is 0.658.